The summed E-state index contributed by atoms with van der Waals surface area (Å²) in [7, 11) is -3.59. The number of hydrogen-bond donors (Lipinski definition) is 3. The smallest absolute Gasteiger partial charge is 0.321 e. The number of aliphatic hydroxyl groups is 1. The van der Waals surface area contributed by atoms with Crippen LogP contribution >= 0.6 is 0 Å². The van der Waals surface area contributed by atoms with E-state index in [0.29, 0.717) is 0 Å². The Labute approximate surface area is 107 Å². The van der Waals surface area contributed by atoms with Crippen LogP contribution in [0.1, 0.15) is 38.5 Å². The summed E-state index contributed by atoms with van der Waals surface area (Å²) < 4.78 is 25.8. The van der Waals surface area contributed by atoms with Crippen LogP contribution in [-0.4, -0.2) is 43.0 Å². The Kier molecular flexibility index (Phi) is 6.04. The van der Waals surface area contributed by atoms with Gasteiger partial charge < -0.3 is 10.2 Å². The molecule has 3 N–H and O–H groups in total. The lowest BCUT2D eigenvalue weighted by molar-refractivity contribution is -0.139. The Morgan fingerprint density at radius 3 is 2.39 bits per heavy atom. The van der Waals surface area contributed by atoms with E-state index in [1.165, 1.54) is 0 Å². The maximum Gasteiger partial charge on any atom is 0.321 e. The molecule has 6 nitrogen and oxygen atoms in total. The average Bonchev–Trinajstić information content (AvgIpc) is 2.28. The predicted octanol–water partition coefficient (Wildman–Crippen LogP) is 0.322. The van der Waals surface area contributed by atoms with Gasteiger partial charge in [-0.05, 0) is 25.2 Å². The summed E-state index contributed by atoms with van der Waals surface area (Å²) in [5.74, 6) is -1.14. The summed E-state index contributed by atoms with van der Waals surface area (Å²) in [6.45, 7) is -0.358. The van der Waals surface area contributed by atoms with Crippen LogP contribution in [0.15, 0.2) is 0 Å². The number of carbonyl (C=O) groups is 1. The molecule has 18 heavy (non-hydrogen) atoms. The molecule has 0 aliphatic heterocycles. The molecule has 1 fully saturated rings. The first-order valence-electron chi connectivity index (χ1n) is 6.28. The molecule has 0 aromatic carbocycles. The molecule has 0 heterocycles. The summed E-state index contributed by atoms with van der Waals surface area (Å²) in [6.07, 6.45) is 4.89. The van der Waals surface area contributed by atoms with Crippen LogP contribution < -0.4 is 4.72 Å². The lowest BCUT2D eigenvalue weighted by Crippen LogP contribution is -2.43. The number of nitrogens with one attached hydrogen (secondary N) is 1. The lowest BCUT2D eigenvalue weighted by Gasteiger charge is -2.22. The van der Waals surface area contributed by atoms with Gasteiger partial charge in [0.15, 0.2) is 0 Å². The standard InChI is InChI=1S/C11H21NO5S/c13-7-6-10(11(14)15)12-18(16,17)8-9-4-2-1-3-5-9/h9-10,12-13H,1-8H2,(H,14,15). The average molecular weight is 279 g/mol. The monoisotopic (exact) mass is 279 g/mol. The normalized spacial score (nSPS) is 19.6. The van der Waals surface area contributed by atoms with E-state index in [0.717, 1.165) is 32.1 Å². The van der Waals surface area contributed by atoms with Crippen molar-refractivity contribution in [2.75, 3.05) is 12.4 Å². The molecule has 0 spiro atoms. The van der Waals surface area contributed by atoms with Crippen molar-refractivity contribution in [3.05, 3.63) is 0 Å². The van der Waals surface area contributed by atoms with Crippen molar-refractivity contribution in [1.82, 2.24) is 4.72 Å². The van der Waals surface area contributed by atoms with E-state index < -0.39 is 22.0 Å². The number of carboxylic acid groups (broad SMARTS) is 1. The van der Waals surface area contributed by atoms with E-state index in [4.69, 9.17) is 10.2 Å². The van der Waals surface area contributed by atoms with E-state index in [9.17, 15) is 13.2 Å². The third kappa shape index (κ3) is 5.32. The Hall–Kier alpha value is -0.660. The van der Waals surface area contributed by atoms with E-state index in [2.05, 4.69) is 4.72 Å². The third-order valence-electron chi connectivity index (χ3n) is 3.22. The van der Waals surface area contributed by atoms with Crippen LogP contribution in [0, 0.1) is 5.92 Å². The highest BCUT2D eigenvalue weighted by Gasteiger charge is 2.26. The maximum atomic E-state index is 11.8. The van der Waals surface area contributed by atoms with Crippen molar-refractivity contribution < 1.29 is 23.4 Å². The molecule has 1 aliphatic rings. The van der Waals surface area contributed by atoms with Crippen molar-refractivity contribution in [3.8, 4) is 0 Å². The summed E-state index contributed by atoms with van der Waals surface area (Å²) in [4.78, 5) is 10.8. The van der Waals surface area contributed by atoms with Gasteiger partial charge in [0.1, 0.15) is 6.04 Å². The molecule has 1 unspecified atom stereocenters. The highest BCUT2D eigenvalue weighted by molar-refractivity contribution is 7.89. The molecule has 0 bridgehead atoms. The van der Waals surface area contributed by atoms with E-state index >= 15 is 0 Å². The summed E-state index contributed by atoms with van der Waals surface area (Å²) >= 11 is 0. The fraction of sp³-hybridized carbons (Fsp3) is 0.909. The number of hydrogen-bond acceptors (Lipinski definition) is 4. The molecule has 106 valence electrons. The first-order chi connectivity index (χ1) is 8.44. The molecule has 7 heteroatoms. The van der Waals surface area contributed by atoms with Crippen molar-refractivity contribution >= 4 is 16.0 Å². The van der Waals surface area contributed by atoms with Gasteiger partial charge in [-0.25, -0.2) is 13.1 Å². The van der Waals surface area contributed by atoms with Crippen LogP contribution in [0.5, 0.6) is 0 Å². The minimum absolute atomic E-state index is 0.0117. The highest BCUT2D eigenvalue weighted by atomic mass is 32.2. The molecule has 0 aromatic heterocycles. The van der Waals surface area contributed by atoms with Crippen molar-refractivity contribution in [1.29, 1.82) is 0 Å². The Morgan fingerprint density at radius 1 is 1.28 bits per heavy atom. The number of aliphatic hydroxyl groups excluding tert-OH is 1. The topological polar surface area (TPSA) is 104 Å². The first kappa shape index (κ1) is 15.4. The first-order valence-corrected chi connectivity index (χ1v) is 7.93. The van der Waals surface area contributed by atoms with Crippen molar-refractivity contribution in [2.45, 2.75) is 44.6 Å². The zero-order valence-corrected chi connectivity index (χ0v) is 11.2. The van der Waals surface area contributed by atoms with E-state index in [1.807, 2.05) is 0 Å². The molecule has 0 aromatic rings. The second kappa shape index (κ2) is 7.06. The van der Waals surface area contributed by atoms with Crippen LogP contribution in [0.25, 0.3) is 0 Å². The summed E-state index contributed by atoms with van der Waals surface area (Å²) in [6, 6.07) is -1.23. The number of sulfonamides is 1. The Balaban J connectivity index is 2.53. The van der Waals surface area contributed by atoms with Gasteiger partial charge >= 0.3 is 5.97 Å². The van der Waals surface area contributed by atoms with Crippen molar-refractivity contribution in [2.24, 2.45) is 5.92 Å². The fourth-order valence-corrected chi connectivity index (χ4v) is 3.99. The Bertz CT molecular complexity index is 362. The summed E-state index contributed by atoms with van der Waals surface area (Å²) in [5, 5.41) is 17.5. The van der Waals surface area contributed by atoms with Gasteiger partial charge in [0.2, 0.25) is 10.0 Å². The summed E-state index contributed by atoms with van der Waals surface area (Å²) in [5.41, 5.74) is 0. The highest BCUT2D eigenvalue weighted by Crippen LogP contribution is 2.24. The molecule has 0 radical (unpaired) electrons. The second-order valence-corrected chi connectivity index (χ2v) is 6.60. The van der Waals surface area contributed by atoms with Gasteiger partial charge in [-0.1, -0.05) is 19.3 Å². The molecular weight excluding hydrogens is 258 g/mol. The van der Waals surface area contributed by atoms with Gasteiger partial charge in [0.05, 0.1) is 5.75 Å². The van der Waals surface area contributed by atoms with Crippen molar-refractivity contribution in [3.63, 3.8) is 0 Å². The number of carboxylic acids is 1. The molecule has 1 aliphatic carbocycles. The maximum absolute atomic E-state index is 11.8. The fourth-order valence-electron chi connectivity index (χ4n) is 2.29. The molecule has 1 atom stereocenters. The number of aliphatic carboxylic acids is 1. The molecular formula is C11H21NO5S. The quantitative estimate of drug-likeness (QED) is 0.622. The van der Waals surface area contributed by atoms with Gasteiger partial charge in [0.25, 0.3) is 0 Å². The van der Waals surface area contributed by atoms with Crippen LogP contribution in [0.4, 0.5) is 0 Å². The van der Waals surface area contributed by atoms with E-state index in [-0.39, 0.29) is 24.7 Å². The van der Waals surface area contributed by atoms with Crippen LogP contribution in [0.3, 0.4) is 0 Å². The zero-order chi connectivity index (χ0) is 13.6. The van der Waals surface area contributed by atoms with Crippen LogP contribution in [-0.2, 0) is 14.8 Å². The van der Waals surface area contributed by atoms with Gasteiger partial charge in [-0.15, -0.1) is 0 Å². The molecule has 1 rings (SSSR count). The second-order valence-electron chi connectivity index (χ2n) is 4.81. The van der Waals surface area contributed by atoms with Crippen LogP contribution in [0.2, 0.25) is 0 Å². The van der Waals surface area contributed by atoms with Gasteiger partial charge in [-0.3, -0.25) is 4.79 Å². The minimum Gasteiger partial charge on any atom is -0.480 e. The van der Waals surface area contributed by atoms with E-state index in [1.54, 1.807) is 0 Å². The Morgan fingerprint density at radius 2 is 1.89 bits per heavy atom. The SMILES string of the molecule is O=C(O)C(CCO)NS(=O)(=O)CC1CCCCC1. The minimum atomic E-state index is -3.59. The molecule has 1 saturated carbocycles. The largest absolute Gasteiger partial charge is 0.480 e. The van der Waals surface area contributed by atoms with Gasteiger partial charge in [-0.2, -0.15) is 0 Å². The third-order valence-corrected chi connectivity index (χ3v) is 4.77. The lowest BCUT2D eigenvalue weighted by atomic mass is 9.91. The molecule has 0 saturated heterocycles. The molecule has 0 amide bonds. The predicted molar refractivity (Wildman–Crippen MR) is 66.6 cm³/mol. The zero-order valence-electron chi connectivity index (χ0n) is 10.3. The van der Waals surface area contributed by atoms with Gasteiger partial charge in [0, 0.05) is 6.61 Å². The number of rotatable bonds is 7.